The molecule has 0 saturated heterocycles. The highest BCUT2D eigenvalue weighted by molar-refractivity contribution is 9.10. The van der Waals surface area contributed by atoms with Gasteiger partial charge in [-0.3, -0.25) is 4.72 Å². The summed E-state index contributed by atoms with van der Waals surface area (Å²) in [6.45, 7) is 0. The Morgan fingerprint density at radius 3 is 2.35 bits per heavy atom. The topological polar surface area (TPSA) is 72.2 Å². The zero-order chi connectivity index (χ0) is 14.9. The molecule has 2 aromatic rings. The minimum atomic E-state index is -3.80. The summed E-state index contributed by atoms with van der Waals surface area (Å²) in [5.41, 5.74) is 6.27. The summed E-state index contributed by atoms with van der Waals surface area (Å²) in [7, 11) is -3.80. The smallest absolute Gasteiger partial charge is 0.263 e. The highest BCUT2D eigenvalue weighted by Crippen LogP contribution is 2.29. The Hall–Kier alpha value is -0.950. The van der Waals surface area contributed by atoms with Crippen molar-refractivity contribution in [2.75, 3.05) is 10.5 Å². The third kappa shape index (κ3) is 3.38. The van der Waals surface area contributed by atoms with Crippen molar-refractivity contribution in [3.63, 3.8) is 0 Å². The number of sulfonamides is 1. The van der Waals surface area contributed by atoms with Crippen LogP contribution in [0.5, 0.6) is 0 Å². The van der Waals surface area contributed by atoms with Crippen molar-refractivity contribution in [3.8, 4) is 0 Å². The maximum absolute atomic E-state index is 12.2. The van der Waals surface area contributed by atoms with Crippen LogP contribution in [0, 0.1) is 0 Å². The lowest BCUT2D eigenvalue weighted by Crippen LogP contribution is -2.13. The molecule has 0 aliphatic carbocycles. The first-order valence-electron chi connectivity index (χ1n) is 5.32. The van der Waals surface area contributed by atoms with Crippen molar-refractivity contribution in [1.29, 1.82) is 0 Å². The number of anilines is 2. The third-order valence-electron chi connectivity index (χ3n) is 2.42. The first kappa shape index (κ1) is 15.4. The Labute approximate surface area is 135 Å². The van der Waals surface area contributed by atoms with Crippen molar-refractivity contribution in [2.45, 2.75) is 4.90 Å². The van der Waals surface area contributed by atoms with Gasteiger partial charge in [-0.15, -0.1) is 0 Å². The van der Waals surface area contributed by atoms with E-state index in [0.29, 0.717) is 20.9 Å². The molecule has 0 unspecified atom stereocenters. The second kappa shape index (κ2) is 5.81. The molecule has 106 valence electrons. The Morgan fingerprint density at radius 2 is 1.75 bits per heavy atom. The fourth-order valence-electron chi connectivity index (χ4n) is 1.50. The van der Waals surface area contributed by atoms with Crippen molar-refractivity contribution in [3.05, 3.63) is 50.9 Å². The average Bonchev–Trinajstić information content (AvgIpc) is 2.33. The van der Waals surface area contributed by atoms with Gasteiger partial charge < -0.3 is 5.73 Å². The number of hydrogen-bond donors (Lipinski definition) is 2. The third-order valence-corrected chi connectivity index (χ3v) is 5.51. The molecule has 0 fully saturated rings. The quantitative estimate of drug-likeness (QED) is 0.767. The van der Waals surface area contributed by atoms with E-state index in [-0.39, 0.29) is 9.92 Å². The van der Waals surface area contributed by atoms with Crippen LogP contribution in [0.1, 0.15) is 0 Å². The van der Waals surface area contributed by atoms with Crippen LogP contribution in [0.15, 0.2) is 45.8 Å². The first-order chi connectivity index (χ1) is 9.29. The van der Waals surface area contributed by atoms with Crippen molar-refractivity contribution in [1.82, 2.24) is 0 Å². The molecule has 8 heteroatoms. The number of halogens is 3. The molecule has 2 aromatic carbocycles. The molecule has 0 radical (unpaired) electrons. The largest absolute Gasteiger partial charge is 0.399 e. The van der Waals surface area contributed by atoms with Gasteiger partial charge in [0.05, 0.1) is 15.7 Å². The molecule has 0 heterocycles. The van der Waals surface area contributed by atoms with Crippen molar-refractivity contribution in [2.24, 2.45) is 0 Å². The van der Waals surface area contributed by atoms with Crippen LogP contribution in [0.3, 0.4) is 0 Å². The van der Waals surface area contributed by atoms with Gasteiger partial charge >= 0.3 is 0 Å². The van der Waals surface area contributed by atoms with Gasteiger partial charge in [0.1, 0.15) is 4.90 Å². The van der Waals surface area contributed by atoms with Crippen LogP contribution in [0.2, 0.25) is 10.0 Å². The Morgan fingerprint density at radius 1 is 1.05 bits per heavy atom. The van der Waals surface area contributed by atoms with Gasteiger partial charge in [-0.05, 0) is 52.3 Å². The SMILES string of the molecule is Nc1ccc(S(=O)(=O)Nc2ccc(Br)c(Cl)c2)c(Cl)c1. The molecule has 20 heavy (non-hydrogen) atoms. The Bertz CT molecular complexity index is 766. The minimum absolute atomic E-state index is 0.0487. The Balaban J connectivity index is 2.38. The van der Waals surface area contributed by atoms with Crippen molar-refractivity contribution < 1.29 is 8.42 Å². The summed E-state index contributed by atoms with van der Waals surface area (Å²) in [5, 5.41) is 0.453. The van der Waals surface area contributed by atoms with Crippen molar-refractivity contribution >= 4 is 60.5 Å². The second-order valence-electron chi connectivity index (χ2n) is 3.92. The summed E-state index contributed by atoms with van der Waals surface area (Å²) < 4.78 is 27.6. The van der Waals surface area contributed by atoms with Gasteiger partial charge in [-0.25, -0.2) is 8.42 Å². The summed E-state index contributed by atoms with van der Waals surface area (Å²) in [4.78, 5) is -0.0487. The van der Waals surface area contributed by atoms with E-state index in [2.05, 4.69) is 20.7 Å². The predicted octanol–water partition coefficient (Wildman–Crippen LogP) is 4.14. The highest BCUT2D eigenvalue weighted by Gasteiger charge is 2.18. The number of nitrogen functional groups attached to an aromatic ring is 1. The summed E-state index contributed by atoms with van der Waals surface area (Å²) in [6.07, 6.45) is 0. The number of hydrogen-bond acceptors (Lipinski definition) is 3. The molecule has 0 aromatic heterocycles. The maximum atomic E-state index is 12.2. The van der Waals surface area contributed by atoms with E-state index in [1.165, 1.54) is 24.3 Å². The van der Waals surface area contributed by atoms with Gasteiger partial charge in [0.2, 0.25) is 0 Å². The van der Waals surface area contributed by atoms with E-state index < -0.39 is 10.0 Å². The highest BCUT2D eigenvalue weighted by atomic mass is 79.9. The fourth-order valence-corrected chi connectivity index (χ4v) is 3.54. The van der Waals surface area contributed by atoms with Crippen LogP contribution in [0.4, 0.5) is 11.4 Å². The molecule has 0 bridgehead atoms. The number of nitrogens with one attached hydrogen (secondary N) is 1. The number of rotatable bonds is 3. The molecule has 4 nitrogen and oxygen atoms in total. The standard InChI is InChI=1S/C12H9BrCl2N2O2S/c13-9-3-2-8(6-10(9)14)17-20(18,19)12-4-1-7(16)5-11(12)15/h1-6,17H,16H2. The molecule has 0 amide bonds. The normalized spacial score (nSPS) is 11.3. The molecule has 0 aliphatic heterocycles. The predicted molar refractivity (Wildman–Crippen MR) is 85.8 cm³/mol. The van der Waals surface area contributed by atoms with Gasteiger partial charge in [0, 0.05) is 10.2 Å². The van der Waals surface area contributed by atoms with E-state index in [1.807, 2.05) is 0 Å². The molecule has 0 atom stereocenters. The number of benzene rings is 2. The van der Waals surface area contributed by atoms with E-state index in [4.69, 9.17) is 28.9 Å². The van der Waals surface area contributed by atoms with Gasteiger partial charge in [-0.1, -0.05) is 23.2 Å². The summed E-state index contributed by atoms with van der Waals surface area (Å²) >= 11 is 15.0. The number of nitrogens with two attached hydrogens (primary N) is 1. The molecule has 0 saturated carbocycles. The first-order valence-corrected chi connectivity index (χ1v) is 8.36. The van der Waals surface area contributed by atoms with E-state index in [0.717, 1.165) is 0 Å². The van der Waals surface area contributed by atoms with Gasteiger partial charge in [0.25, 0.3) is 10.0 Å². The molecule has 2 rings (SSSR count). The zero-order valence-corrected chi connectivity index (χ0v) is 13.8. The molecule has 0 aliphatic rings. The van der Waals surface area contributed by atoms with Crippen LogP contribution in [-0.4, -0.2) is 8.42 Å². The van der Waals surface area contributed by atoms with Crippen LogP contribution >= 0.6 is 39.1 Å². The van der Waals surface area contributed by atoms with E-state index in [1.54, 1.807) is 12.1 Å². The Kier molecular flexibility index (Phi) is 4.49. The minimum Gasteiger partial charge on any atom is -0.399 e. The second-order valence-corrected chi connectivity index (χ2v) is 7.24. The lowest BCUT2D eigenvalue weighted by atomic mass is 10.3. The van der Waals surface area contributed by atoms with Gasteiger partial charge in [0.15, 0.2) is 0 Å². The molecular formula is C12H9BrCl2N2O2S. The molecule has 3 N–H and O–H groups in total. The van der Waals surface area contributed by atoms with E-state index in [9.17, 15) is 8.42 Å². The monoisotopic (exact) mass is 394 g/mol. The average molecular weight is 396 g/mol. The molecule has 0 spiro atoms. The maximum Gasteiger partial charge on any atom is 0.263 e. The summed E-state index contributed by atoms with van der Waals surface area (Å²) in [6, 6.07) is 8.91. The summed E-state index contributed by atoms with van der Waals surface area (Å²) in [5.74, 6) is 0. The molecular weight excluding hydrogens is 387 g/mol. The van der Waals surface area contributed by atoms with Crippen LogP contribution in [-0.2, 0) is 10.0 Å². The zero-order valence-electron chi connectivity index (χ0n) is 9.90. The van der Waals surface area contributed by atoms with Gasteiger partial charge in [-0.2, -0.15) is 0 Å². The fraction of sp³-hybridized carbons (Fsp3) is 0. The van der Waals surface area contributed by atoms with Crippen LogP contribution in [0.25, 0.3) is 0 Å². The lowest BCUT2D eigenvalue weighted by molar-refractivity contribution is 0.601. The van der Waals surface area contributed by atoms with E-state index >= 15 is 0 Å². The van der Waals surface area contributed by atoms with Crippen LogP contribution < -0.4 is 10.5 Å². The lowest BCUT2D eigenvalue weighted by Gasteiger charge is -2.10.